The molecule has 10 nitrogen and oxygen atoms in total. The molecule has 1 aromatic carbocycles. The van der Waals surface area contributed by atoms with E-state index in [1.807, 2.05) is 9.80 Å². The molecule has 3 heterocycles. The van der Waals surface area contributed by atoms with E-state index in [1.54, 1.807) is 0 Å². The van der Waals surface area contributed by atoms with Crippen molar-refractivity contribution in [2.45, 2.75) is 63.2 Å². The lowest BCUT2D eigenvalue weighted by molar-refractivity contribution is 0.441. The van der Waals surface area contributed by atoms with Crippen molar-refractivity contribution in [3.8, 4) is 0 Å². The van der Waals surface area contributed by atoms with Crippen LogP contribution in [0.3, 0.4) is 0 Å². The van der Waals surface area contributed by atoms with Crippen molar-refractivity contribution in [3.05, 3.63) is 29.8 Å². The average molecular weight is 455 g/mol. The summed E-state index contributed by atoms with van der Waals surface area (Å²) < 4.78 is 0. The molecule has 1 unspecified atom stereocenters. The third kappa shape index (κ3) is 5.89. The molecular formula is C23H38N10. The minimum absolute atomic E-state index is 0.0182. The Labute approximate surface area is 196 Å². The van der Waals surface area contributed by atoms with Crippen molar-refractivity contribution in [2.24, 2.45) is 22.9 Å². The molecule has 0 spiro atoms. The van der Waals surface area contributed by atoms with E-state index in [9.17, 15) is 0 Å². The molecule has 33 heavy (non-hydrogen) atoms. The molecule has 2 fully saturated rings. The zero-order chi connectivity index (χ0) is 23.5. The fourth-order valence-corrected chi connectivity index (χ4v) is 4.64. The summed E-state index contributed by atoms with van der Waals surface area (Å²) in [6.45, 7) is 7.04. The summed E-state index contributed by atoms with van der Waals surface area (Å²) >= 11 is 0. The van der Waals surface area contributed by atoms with Gasteiger partial charge in [-0.3, -0.25) is 0 Å². The van der Waals surface area contributed by atoms with Gasteiger partial charge in [-0.05, 0) is 42.9 Å². The first-order valence-electron chi connectivity index (χ1n) is 12.0. The lowest BCUT2D eigenvalue weighted by Gasteiger charge is -2.37. The highest BCUT2D eigenvalue weighted by atomic mass is 15.4. The molecular weight excluding hydrogens is 416 g/mol. The summed E-state index contributed by atoms with van der Waals surface area (Å²) in [6.07, 6.45) is 2.68. The minimum atomic E-state index is -0.0182. The number of nitrogens with two attached hydrogens (primary N) is 4. The van der Waals surface area contributed by atoms with Crippen LogP contribution in [0.15, 0.2) is 24.3 Å². The Hall–Kier alpha value is -2.53. The van der Waals surface area contributed by atoms with Crippen molar-refractivity contribution in [1.82, 2.24) is 15.0 Å². The van der Waals surface area contributed by atoms with Gasteiger partial charge in [0, 0.05) is 56.0 Å². The maximum absolute atomic E-state index is 6.23. The summed E-state index contributed by atoms with van der Waals surface area (Å²) in [6, 6.07) is 8.33. The SMILES string of the molecule is CCC(C)c1ccc(Nc2nc(N3C[C@H](N)C[C@H](N)C3)nc(N3C[C@H](N)C[C@H](N)C3)n2)cc1. The maximum Gasteiger partial charge on any atom is 0.233 e. The first-order valence-corrected chi connectivity index (χ1v) is 12.0. The van der Waals surface area contributed by atoms with Crippen molar-refractivity contribution >= 4 is 23.5 Å². The second kappa shape index (κ2) is 10.2. The quantitative estimate of drug-likeness (QED) is 0.423. The van der Waals surface area contributed by atoms with Gasteiger partial charge in [0.05, 0.1) is 0 Å². The third-order valence-electron chi connectivity index (χ3n) is 6.56. The molecule has 2 aromatic rings. The number of rotatable bonds is 6. The van der Waals surface area contributed by atoms with Crippen LogP contribution in [-0.4, -0.2) is 65.3 Å². The Balaban J connectivity index is 1.63. The maximum atomic E-state index is 6.23. The smallest absolute Gasteiger partial charge is 0.233 e. The van der Waals surface area contributed by atoms with E-state index in [-0.39, 0.29) is 24.2 Å². The Morgan fingerprint density at radius 3 is 1.70 bits per heavy atom. The molecule has 180 valence electrons. The average Bonchev–Trinajstić information content (AvgIpc) is 2.77. The highest BCUT2D eigenvalue weighted by Gasteiger charge is 2.28. The van der Waals surface area contributed by atoms with E-state index in [0.717, 1.165) is 24.9 Å². The number of aromatic nitrogens is 3. The van der Waals surface area contributed by atoms with Crippen molar-refractivity contribution in [2.75, 3.05) is 41.3 Å². The van der Waals surface area contributed by atoms with Gasteiger partial charge in [-0.15, -0.1) is 0 Å². The summed E-state index contributed by atoms with van der Waals surface area (Å²) in [5.74, 6) is 2.13. The van der Waals surface area contributed by atoms with E-state index in [0.29, 0.717) is 49.9 Å². The standard InChI is InChI=1S/C23H38N10/c1-3-14(2)15-4-6-20(7-5-15)28-21-29-22(32-10-16(24)8-17(25)11-32)31-23(30-21)33-12-18(26)9-19(27)13-33/h4-7,14,16-19H,3,8-13,24-27H2,1-2H3,(H,28,29,30,31)/t14?,16-,17+,18-,19+. The second-order valence-corrected chi connectivity index (χ2v) is 9.64. The van der Waals surface area contributed by atoms with Crippen LogP contribution < -0.4 is 38.1 Å². The van der Waals surface area contributed by atoms with E-state index in [4.69, 9.17) is 37.9 Å². The normalized spacial score (nSPS) is 26.8. The first kappa shape index (κ1) is 23.6. The van der Waals surface area contributed by atoms with Crippen LogP contribution in [0.1, 0.15) is 44.6 Å². The van der Waals surface area contributed by atoms with Gasteiger partial charge in [-0.25, -0.2) is 0 Å². The molecule has 4 rings (SSSR count). The molecule has 2 aliphatic heterocycles. The first-order chi connectivity index (χ1) is 15.8. The van der Waals surface area contributed by atoms with E-state index in [1.165, 1.54) is 5.56 Å². The molecule has 1 aromatic heterocycles. The summed E-state index contributed by atoms with van der Waals surface area (Å²) in [5, 5.41) is 3.35. The highest BCUT2D eigenvalue weighted by molar-refractivity contribution is 5.57. The zero-order valence-electron chi connectivity index (χ0n) is 19.7. The molecule has 0 aliphatic carbocycles. The molecule has 9 N–H and O–H groups in total. The third-order valence-corrected chi connectivity index (χ3v) is 6.56. The second-order valence-electron chi connectivity index (χ2n) is 9.64. The summed E-state index contributed by atoms with van der Waals surface area (Å²) in [7, 11) is 0. The summed E-state index contributed by atoms with van der Waals surface area (Å²) in [4.78, 5) is 18.3. The predicted octanol–water partition coefficient (Wildman–Crippen LogP) is 0.858. The molecule has 0 radical (unpaired) electrons. The van der Waals surface area contributed by atoms with Crippen LogP contribution in [0.25, 0.3) is 0 Å². The monoisotopic (exact) mass is 454 g/mol. The van der Waals surface area contributed by atoms with Crippen LogP contribution in [0.2, 0.25) is 0 Å². The van der Waals surface area contributed by atoms with Crippen LogP contribution >= 0.6 is 0 Å². The number of nitrogens with zero attached hydrogens (tertiary/aromatic N) is 5. The Morgan fingerprint density at radius 1 is 0.818 bits per heavy atom. The largest absolute Gasteiger partial charge is 0.338 e. The fraction of sp³-hybridized carbons (Fsp3) is 0.609. The number of nitrogens with one attached hydrogen (secondary N) is 1. The minimum Gasteiger partial charge on any atom is -0.338 e. The van der Waals surface area contributed by atoms with E-state index >= 15 is 0 Å². The van der Waals surface area contributed by atoms with Crippen molar-refractivity contribution < 1.29 is 0 Å². The van der Waals surface area contributed by atoms with Gasteiger partial charge in [-0.2, -0.15) is 15.0 Å². The highest BCUT2D eigenvalue weighted by Crippen LogP contribution is 2.25. The summed E-state index contributed by atoms with van der Waals surface area (Å²) in [5.41, 5.74) is 27.2. The lowest BCUT2D eigenvalue weighted by Crippen LogP contribution is -2.54. The number of hydrogen-bond acceptors (Lipinski definition) is 10. The van der Waals surface area contributed by atoms with Crippen LogP contribution in [0.5, 0.6) is 0 Å². The van der Waals surface area contributed by atoms with Gasteiger partial charge in [0.25, 0.3) is 0 Å². The van der Waals surface area contributed by atoms with Crippen LogP contribution in [0, 0.1) is 0 Å². The molecule has 0 amide bonds. The number of anilines is 4. The Bertz CT molecular complexity index is 856. The Kier molecular flexibility index (Phi) is 7.28. The molecule has 0 bridgehead atoms. The number of piperidine rings is 2. The van der Waals surface area contributed by atoms with Gasteiger partial charge in [-0.1, -0.05) is 26.0 Å². The lowest BCUT2D eigenvalue weighted by atomic mass is 9.99. The van der Waals surface area contributed by atoms with Crippen molar-refractivity contribution in [1.29, 1.82) is 0 Å². The van der Waals surface area contributed by atoms with Gasteiger partial charge < -0.3 is 38.1 Å². The van der Waals surface area contributed by atoms with Gasteiger partial charge in [0.15, 0.2) is 0 Å². The van der Waals surface area contributed by atoms with Gasteiger partial charge in [0.2, 0.25) is 17.8 Å². The molecule has 10 heteroatoms. The molecule has 5 atom stereocenters. The zero-order valence-corrected chi connectivity index (χ0v) is 19.7. The molecule has 2 saturated heterocycles. The molecule has 2 aliphatic rings. The van der Waals surface area contributed by atoms with Gasteiger partial charge >= 0.3 is 0 Å². The van der Waals surface area contributed by atoms with E-state index in [2.05, 4.69) is 43.4 Å². The predicted molar refractivity (Wildman–Crippen MR) is 134 cm³/mol. The molecule has 0 saturated carbocycles. The Morgan fingerprint density at radius 2 is 1.27 bits per heavy atom. The van der Waals surface area contributed by atoms with Crippen LogP contribution in [0.4, 0.5) is 23.5 Å². The van der Waals surface area contributed by atoms with E-state index < -0.39 is 0 Å². The van der Waals surface area contributed by atoms with Crippen LogP contribution in [-0.2, 0) is 0 Å². The number of hydrogen-bond donors (Lipinski definition) is 5. The number of benzene rings is 1. The fourth-order valence-electron chi connectivity index (χ4n) is 4.64. The van der Waals surface area contributed by atoms with Gasteiger partial charge in [0.1, 0.15) is 0 Å². The topological polar surface area (TPSA) is 161 Å². The van der Waals surface area contributed by atoms with Crippen molar-refractivity contribution in [3.63, 3.8) is 0 Å².